The summed E-state index contributed by atoms with van der Waals surface area (Å²) in [4.78, 5) is 8.76. The predicted molar refractivity (Wildman–Crippen MR) is 107 cm³/mol. The summed E-state index contributed by atoms with van der Waals surface area (Å²) in [6.45, 7) is 4.34. The number of hydrogen-bond acceptors (Lipinski definition) is 4. The van der Waals surface area contributed by atoms with Crippen molar-refractivity contribution in [3.05, 3.63) is 69.9 Å². The molecule has 1 aromatic carbocycles. The first-order valence-corrected chi connectivity index (χ1v) is 9.51. The standard InChI is InChI=1S/C19H24N6S/c1-15-24-18(14-26-15)7-9-21-19(20-2)22-12-16-5-3-6-17(11-16)13-25-10-4-8-23-25/h3-6,8,10-11,14H,7,9,12-13H2,1-2H3,(H2,20,21,22). The van der Waals surface area contributed by atoms with Crippen molar-refractivity contribution in [3.8, 4) is 0 Å². The van der Waals surface area contributed by atoms with Gasteiger partial charge in [-0.05, 0) is 24.1 Å². The van der Waals surface area contributed by atoms with Crippen LogP contribution in [0.4, 0.5) is 0 Å². The summed E-state index contributed by atoms with van der Waals surface area (Å²) >= 11 is 1.69. The van der Waals surface area contributed by atoms with Crippen LogP contribution in [0.3, 0.4) is 0 Å². The lowest BCUT2D eigenvalue weighted by Crippen LogP contribution is -2.37. The van der Waals surface area contributed by atoms with E-state index >= 15 is 0 Å². The maximum Gasteiger partial charge on any atom is 0.191 e. The van der Waals surface area contributed by atoms with Gasteiger partial charge in [-0.25, -0.2) is 4.98 Å². The SMILES string of the molecule is CN=C(NCCc1csc(C)n1)NCc1cccc(Cn2cccn2)c1. The van der Waals surface area contributed by atoms with Gasteiger partial charge in [-0.3, -0.25) is 9.67 Å². The van der Waals surface area contributed by atoms with Crippen molar-refractivity contribution in [1.82, 2.24) is 25.4 Å². The number of hydrogen-bond donors (Lipinski definition) is 2. The zero-order valence-corrected chi connectivity index (χ0v) is 16.0. The summed E-state index contributed by atoms with van der Waals surface area (Å²) in [5, 5.41) is 14.2. The maximum atomic E-state index is 4.48. The minimum absolute atomic E-state index is 0.725. The third-order valence-electron chi connectivity index (χ3n) is 3.92. The van der Waals surface area contributed by atoms with Gasteiger partial charge in [-0.15, -0.1) is 11.3 Å². The Morgan fingerprint density at radius 3 is 2.85 bits per heavy atom. The quantitative estimate of drug-likeness (QED) is 0.497. The average molecular weight is 369 g/mol. The molecule has 0 fully saturated rings. The number of nitrogens with zero attached hydrogens (tertiary/aromatic N) is 4. The molecule has 2 N–H and O–H groups in total. The summed E-state index contributed by atoms with van der Waals surface area (Å²) in [6.07, 6.45) is 4.67. The Kier molecular flexibility index (Phi) is 6.38. The van der Waals surface area contributed by atoms with Crippen LogP contribution < -0.4 is 10.6 Å². The van der Waals surface area contributed by atoms with Crippen molar-refractivity contribution in [2.75, 3.05) is 13.6 Å². The molecular weight excluding hydrogens is 344 g/mol. The number of nitrogens with one attached hydrogen (secondary N) is 2. The summed E-state index contributed by atoms with van der Waals surface area (Å²) in [7, 11) is 1.79. The molecule has 6 nitrogen and oxygen atoms in total. The molecule has 0 unspecified atom stereocenters. The summed E-state index contributed by atoms with van der Waals surface area (Å²) in [5.41, 5.74) is 3.57. The molecule has 2 aromatic heterocycles. The van der Waals surface area contributed by atoms with Crippen LogP contribution in [0.25, 0.3) is 0 Å². The minimum atomic E-state index is 0.725. The van der Waals surface area contributed by atoms with E-state index in [4.69, 9.17) is 0 Å². The second kappa shape index (κ2) is 9.15. The number of aryl methyl sites for hydroxylation is 1. The zero-order valence-electron chi connectivity index (χ0n) is 15.1. The summed E-state index contributed by atoms with van der Waals surface area (Å²) in [6, 6.07) is 10.4. The predicted octanol–water partition coefficient (Wildman–Crippen LogP) is 2.60. The first kappa shape index (κ1) is 18.1. The Balaban J connectivity index is 1.47. The number of aromatic nitrogens is 3. The van der Waals surface area contributed by atoms with Gasteiger partial charge in [0.25, 0.3) is 0 Å². The molecule has 3 aromatic rings. The molecular formula is C19H24N6S. The molecule has 0 spiro atoms. The van der Waals surface area contributed by atoms with E-state index in [9.17, 15) is 0 Å². The highest BCUT2D eigenvalue weighted by Gasteiger charge is 2.02. The molecule has 26 heavy (non-hydrogen) atoms. The number of rotatable bonds is 7. The van der Waals surface area contributed by atoms with Crippen LogP contribution in [0, 0.1) is 6.92 Å². The Morgan fingerprint density at radius 2 is 2.12 bits per heavy atom. The van der Waals surface area contributed by atoms with Gasteiger partial charge in [0.05, 0.1) is 17.2 Å². The molecule has 3 rings (SSSR count). The van der Waals surface area contributed by atoms with Crippen molar-refractivity contribution in [2.24, 2.45) is 4.99 Å². The van der Waals surface area contributed by atoms with Crippen molar-refractivity contribution in [1.29, 1.82) is 0 Å². The van der Waals surface area contributed by atoms with E-state index < -0.39 is 0 Å². The highest BCUT2D eigenvalue weighted by Crippen LogP contribution is 2.08. The van der Waals surface area contributed by atoms with E-state index in [0.717, 1.165) is 42.7 Å². The molecule has 136 valence electrons. The molecule has 2 heterocycles. The first-order chi connectivity index (χ1) is 12.7. The second-order valence-electron chi connectivity index (χ2n) is 5.98. The Morgan fingerprint density at radius 1 is 1.23 bits per heavy atom. The van der Waals surface area contributed by atoms with E-state index in [1.165, 1.54) is 11.1 Å². The summed E-state index contributed by atoms with van der Waals surface area (Å²) in [5.74, 6) is 0.800. The molecule has 0 aliphatic carbocycles. The Labute approximate surface area is 158 Å². The third kappa shape index (κ3) is 5.42. The fourth-order valence-corrected chi connectivity index (χ4v) is 3.30. The minimum Gasteiger partial charge on any atom is -0.356 e. The number of guanidine groups is 1. The van der Waals surface area contributed by atoms with E-state index in [2.05, 4.69) is 55.4 Å². The van der Waals surface area contributed by atoms with Gasteiger partial charge in [-0.1, -0.05) is 24.3 Å². The number of aliphatic imine (C=N–C) groups is 1. The van der Waals surface area contributed by atoms with E-state index in [-0.39, 0.29) is 0 Å². The molecule has 0 amide bonds. The lowest BCUT2D eigenvalue weighted by atomic mass is 10.1. The van der Waals surface area contributed by atoms with E-state index in [1.807, 2.05) is 23.9 Å². The van der Waals surface area contributed by atoms with Gasteiger partial charge in [0.2, 0.25) is 0 Å². The summed E-state index contributed by atoms with van der Waals surface area (Å²) < 4.78 is 1.92. The fraction of sp³-hybridized carbons (Fsp3) is 0.316. The van der Waals surface area contributed by atoms with Crippen LogP contribution in [0.15, 0.2) is 53.1 Å². The highest BCUT2D eigenvalue weighted by atomic mass is 32.1. The van der Waals surface area contributed by atoms with Crippen molar-refractivity contribution >= 4 is 17.3 Å². The third-order valence-corrected chi connectivity index (χ3v) is 4.74. The molecule has 7 heteroatoms. The largest absolute Gasteiger partial charge is 0.356 e. The van der Waals surface area contributed by atoms with Gasteiger partial charge >= 0.3 is 0 Å². The van der Waals surface area contributed by atoms with Crippen molar-refractivity contribution in [3.63, 3.8) is 0 Å². The van der Waals surface area contributed by atoms with E-state index in [0.29, 0.717) is 0 Å². The van der Waals surface area contributed by atoms with Crippen LogP contribution in [-0.4, -0.2) is 34.3 Å². The van der Waals surface area contributed by atoms with Gasteiger partial charge in [0.15, 0.2) is 5.96 Å². The first-order valence-electron chi connectivity index (χ1n) is 8.63. The van der Waals surface area contributed by atoms with Crippen LogP contribution >= 0.6 is 11.3 Å². The molecule has 0 atom stereocenters. The van der Waals surface area contributed by atoms with Crippen LogP contribution in [0.5, 0.6) is 0 Å². The van der Waals surface area contributed by atoms with Crippen LogP contribution in [0.2, 0.25) is 0 Å². The van der Waals surface area contributed by atoms with Crippen molar-refractivity contribution < 1.29 is 0 Å². The molecule has 0 saturated carbocycles. The lowest BCUT2D eigenvalue weighted by molar-refractivity contribution is 0.685. The van der Waals surface area contributed by atoms with E-state index in [1.54, 1.807) is 24.6 Å². The van der Waals surface area contributed by atoms with Gasteiger partial charge in [0, 0.05) is 44.3 Å². The topological polar surface area (TPSA) is 67.1 Å². The fourth-order valence-electron chi connectivity index (χ4n) is 2.66. The Bertz CT molecular complexity index is 837. The van der Waals surface area contributed by atoms with Gasteiger partial charge in [-0.2, -0.15) is 5.10 Å². The maximum absolute atomic E-state index is 4.48. The normalized spacial score (nSPS) is 11.5. The molecule has 0 aliphatic heterocycles. The Hall–Kier alpha value is -2.67. The molecule has 0 saturated heterocycles. The van der Waals surface area contributed by atoms with Gasteiger partial charge in [0.1, 0.15) is 0 Å². The molecule has 0 aliphatic rings. The average Bonchev–Trinajstić information content (AvgIpc) is 3.30. The van der Waals surface area contributed by atoms with Crippen LogP contribution in [0.1, 0.15) is 21.8 Å². The number of thiazole rings is 1. The molecule has 0 radical (unpaired) electrons. The second-order valence-corrected chi connectivity index (χ2v) is 7.05. The highest BCUT2D eigenvalue weighted by molar-refractivity contribution is 7.09. The van der Waals surface area contributed by atoms with Crippen LogP contribution in [-0.2, 0) is 19.5 Å². The monoisotopic (exact) mass is 368 g/mol. The number of benzene rings is 1. The van der Waals surface area contributed by atoms with Crippen molar-refractivity contribution in [2.45, 2.75) is 26.4 Å². The molecule has 0 bridgehead atoms. The van der Waals surface area contributed by atoms with Gasteiger partial charge < -0.3 is 10.6 Å². The zero-order chi connectivity index (χ0) is 18.2. The smallest absolute Gasteiger partial charge is 0.191 e. The lowest BCUT2D eigenvalue weighted by Gasteiger charge is -2.12.